The summed E-state index contributed by atoms with van der Waals surface area (Å²) in [5.41, 5.74) is 23.1. The molecular formula is C68H74BN3O. The van der Waals surface area contributed by atoms with Crippen LogP contribution in [-0.2, 0) is 27.1 Å². The Labute approximate surface area is 436 Å². The van der Waals surface area contributed by atoms with Crippen LogP contribution in [0.5, 0.6) is 0 Å². The van der Waals surface area contributed by atoms with E-state index in [4.69, 9.17) is 4.42 Å². The van der Waals surface area contributed by atoms with Crippen molar-refractivity contribution < 1.29 is 4.42 Å². The average molecular weight is 960 g/mol. The van der Waals surface area contributed by atoms with E-state index < -0.39 is 0 Å². The van der Waals surface area contributed by atoms with Crippen molar-refractivity contribution in [1.29, 1.82) is 0 Å². The van der Waals surface area contributed by atoms with E-state index in [9.17, 15) is 0 Å². The summed E-state index contributed by atoms with van der Waals surface area (Å²) >= 11 is 0. The molecule has 0 bridgehead atoms. The number of para-hydroxylation sites is 1. The fourth-order valence-corrected chi connectivity index (χ4v) is 13.3. The van der Waals surface area contributed by atoms with Gasteiger partial charge in [0.2, 0.25) is 0 Å². The first kappa shape index (κ1) is 47.5. The molecule has 370 valence electrons. The molecule has 8 aromatic rings. The summed E-state index contributed by atoms with van der Waals surface area (Å²) in [7, 11) is 0. The zero-order valence-corrected chi connectivity index (χ0v) is 46.0. The third-order valence-corrected chi connectivity index (χ3v) is 17.8. The summed E-state index contributed by atoms with van der Waals surface area (Å²) in [5, 5.41) is 1.13. The van der Waals surface area contributed by atoms with Crippen LogP contribution in [0.15, 0.2) is 150 Å². The maximum absolute atomic E-state index is 7.48. The second-order valence-corrected chi connectivity index (χ2v) is 26.6. The number of fused-ring (bicyclic) bond motifs is 9. The summed E-state index contributed by atoms with van der Waals surface area (Å²) in [6, 6.07) is 56.1. The van der Waals surface area contributed by atoms with Crippen LogP contribution in [0.3, 0.4) is 0 Å². The molecule has 4 aliphatic rings. The Bertz CT molecular complexity index is 3430. The van der Waals surface area contributed by atoms with Crippen molar-refractivity contribution in [2.75, 3.05) is 14.7 Å². The van der Waals surface area contributed by atoms with E-state index >= 15 is 0 Å². The molecule has 0 spiro atoms. The predicted molar refractivity (Wildman–Crippen MR) is 313 cm³/mol. The molecule has 12 rings (SSSR count). The van der Waals surface area contributed by atoms with Crippen LogP contribution in [0.1, 0.15) is 150 Å². The van der Waals surface area contributed by atoms with Crippen molar-refractivity contribution in [3.05, 3.63) is 173 Å². The lowest BCUT2D eigenvalue weighted by molar-refractivity contribution is 0.195. The highest BCUT2D eigenvalue weighted by atomic mass is 16.3. The van der Waals surface area contributed by atoms with Gasteiger partial charge in [0, 0.05) is 44.8 Å². The lowest BCUT2D eigenvalue weighted by Gasteiger charge is -2.52. The maximum atomic E-state index is 7.48. The minimum atomic E-state index is -0.174. The van der Waals surface area contributed by atoms with Gasteiger partial charge < -0.3 is 19.1 Å². The molecule has 0 saturated heterocycles. The van der Waals surface area contributed by atoms with Crippen molar-refractivity contribution in [3.63, 3.8) is 0 Å². The molecule has 2 unspecified atom stereocenters. The van der Waals surface area contributed by atoms with Crippen LogP contribution in [-0.4, -0.2) is 12.3 Å². The van der Waals surface area contributed by atoms with Crippen molar-refractivity contribution >= 4 is 79.8 Å². The lowest BCUT2D eigenvalue weighted by Crippen LogP contribution is -2.64. The maximum Gasteiger partial charge on any atom is 0.297 e. The van der Waals surface area contributed by atoms with Gasteiger partial charge in [-0.15, -0.1) is 0 Å². The topological polar surface area (TPSA) is 22.9 Å². The van der Waals surface area contributed by atoms with Gasteiger partial charge in [-0.05, 0) is 146 Å². The fraction of sp³-hybridized carbons (Fsp3) is 0.353. The summed E-state index contributed by atoms with van der Waals surface area (Å²) < 4.78 is 7.48. The Hall–Kier alpha value is -6.46. The van der Waals surface area contributed by atoms with Gasteiger partial charge in [-0.25, -0.2) is 0 Å². The molecule has 0 N–H and O–H groups in total. The summed E-state index contributed by atoms with van der Waals surface area (Å²) in [6.07, 6.45) is 4.70. The Morgan fingerprint density at radius 1 is 0.507 bits per heavy atom. The SMILES string of the molecule is CC(C)(C)c1ccc(N(c2ccc(C(C)(C)C)cc2)c2cc3c4c(c2)N2c5c(cc(C(C)(C)C)cc5C5(C)CCCCC25C)B4c2oc4ccccc4c2N3c2ccc(C(C)(C)C)cc2-c2ccccc2)cc1. The van der Waals surface area contributed by atoms with E-state index in [-0.39, 0.29) is 39.3 Å². The molecule has 4 nitrogen and oxygen atoms in total. The van der Waals surface area contributed by atoms with Gasteiger partial charge in [-0.3, -0.25) is 0 Å². The van der Waals surface area contributed by atoms with Gasteiger partial charge >= 0.3 is 0 Å². The number of furan rings is 1. The van der Waals surface area contributed by atoms with Crippen molar-refractivity contribution in [1.82, 2.24) is 0 Å². The number of benzene rings is 7. The molecule has 3 aliphatic heterocycles. The van der Waals surface area contributed by atoms with Gasteiger partial charge in [0.25, 0.3) is 6.71 Å². The highest BCUT2D eigenvalue weighted by Gasteiger charge is 2.62. The first-order valence-electron chi connectivity index (χ1n) is 27.2. The van der Waals surface area contributed by atoms with Crippen LogP contribution >= 0.6 is 0 Å². The fourth-order valence-electron chi connectivity index (χ4n) is 13.3. The molecule has 73 heavy (non-hydrogen) atoms. The first-order valence-corrected chi connectivity index (χ1v) is 27.2. The third kappa shape index (κ3) is 7.21. The lowest BCUT2D eigenvalue weighted by atomic mass is 9.35. The number of rotatable bonds is 5. The van der Waals surface area contributed by atoms with Crippen LogP contribution in [0.4, 0.5) is 45.5 Å². The minimum Gasteiger partial charge on any atom is -0.468 e. The van der Waals surface area contributed by atoms with E-state index in [1.807, 2.05) is 0 Å². The first-order chi connectivity index (χ1) is 34.5. The van der Waals surface area contributed by atoms with Gasteiger partial charge in [0.1, 0.15) is 5.58 Å². The average Bonchev–Trinajstić information content (AvgIpc) is 3.87. The Kier molecular flexibility index (Phi) is 10.4. The highest BCUT2D eigenvalue weighted by Crippen LogP contribution is 2.63. The standard InChI is InChI=1S/C68H74BN3O/c1-63(2,3)44-26-31-48(32-27-44)70(49-33-28-45(29-34-49)64(4,5)6)50-41-56-59-57(42-50)72-61-53(67(13)36-20-21-37-68(67,72)14)39-47(66(10,11)12)40-54(61)69(59)62-60(51-24-18-19-25-58(51)73-62)71(56)55-35-30-46(65(7,8)9)38-52(55)43-22-16-15-17-23-43/h15-19,22-35,38-42H,20-21,36-37H2,1-14H3. The second kappa shape index (κ2) is 16.0. The van der Waals surface area contributed by atoms with Gasteiger partial charge in [-0.1, -0.05) is 188 Å². The van der Waals surface area contributed by atoms with Crippen molar-refractivity contribution in [2.45, 2.75) is 155 Å². The molecule has 0 amide bonds. The summed E-state index contributed by atoms with van der Waals surface area (Å²) in [5.74, 6) is 0. The molecule has 4 heterocycles. The van der Waals surface area contributed by atoms with E-state index in [2.05, 4.69) is 257 Å². The summed E-state index contributed by atoms with van der Waals surface area (Å²) in [4.78, 5) is 8.03. The zero-order valence-electron chi connectivity index (χ0n) is 46.0. The quantitative estimate of drug-likeness (QED) is 0.160. The van der Waals surface area contributed by atoms with Gasteiger partial charge in [-0.2, -0.15) is 0 Å². The summed E-state index contributed by atoms with van der Waals surface area (Å²) in [6.45, 7) is 33.1. The number of hydrogen-bond donors (Lipinski definition) is 0. The molecule has 7 aromatic carbocycles. The zero-order chi connectivity index (χ0) is 51.4. The highest BCUT2D eigenvalue weighted by molar-refractivity contribution is 7.00. The molecule has 2 atom stereocenters. The van der Waals surface area contributed by atoms with Gasteiger partial charge in [0.15, 0.2) is 0 Å². The molecule has 1 saturated carbocycles. The molecule has 1 fully saturated rings. The number of hydrogen-bond acceptors (Lipinski definition) is 4. The van der Waals surface area contributed by atoms with E-state index in [1.165, 1.54) is 79.8 Å². The molecule has 1 aliphatic carbocycles. The molecule has 5 heteroatoms. The van der Waals surface area contributed by atoms with Crippen molar-refractivity contribution in [3.8, 4) is 11.1 Å². The smallest absolute Gasteiger partial charge is 0.297 e. The molecule has 1 aromatic heterocycles. The minimum absolute atomic E-state index is 0.0170. The second-order valence-electron chi connectivity index (χ2n) is 26.6. The van der Waals surface area contributed by atoms with Crippen LogP contribution in [0.25, 0.3) is 22.1 Å². The van der Waals surface area contributed by atoms with Crippen LogP contribution in [0.2, 0.25) is 0 Å². The number of nitrogens with zero attached hydrogens (tertiary/aromatic N) is 3. The van der Waals surface area contributed by atoms with Crippen molar-refractivity contribution in [2.24, 2.45) is 0 Å². The Morgan fingerprint density at radius 2 is 1.07 bits per heavy atom. The van der Waals surface area contributed by atoms with E-state index in [1.54, 1.807) is 0 Å². The monoisotopic (exact) mass is 960 g/mol. The Balaban J connectivity index is 1.24. The Morgan fingerprint density at radius 3 is 1.68 bits per heavy atom. The van der Waals surface area contributed by atoms with Crippen LogP contribution in [0, 0.1) is 0 Å². The normalized spacial score (nSPS) is 19.2. The predicted octanol–water partition coefficient (Wildman–Crippen LogP) is 17.1. The number of anilines is 8. The van der Waals surface area contributed by atoms with Crippen LogP contribution < -0.4 is 31.3 Å². The molecular weight excluding hydrogens is 886 g/mol. The van der Waals surface area contributed by atoms with E-state index in [0.717, 1.165) is 57.9 Å². The third-order valence-electron chi connectivity index (χ3n) is 17.8. The molecule has 0 radical (unpaired) electrons. The largest absolute Gasteiger partial charge is 0.468 e. The van der Waals surface area contributed by atoms with E-state index in [0.29, 0.717) is 0 Å². The van der Waals surface area contributed by atoms with Gasteiger partial charge in [0.05, 0.1) is 28.3 Å².